The Labute approximate surface area is 123 Å². The highest BCUT2D eigenvalue weighted by Crippen LogP contribution is 2.38. The number of methoxy groups -OCH3 is 1. The second kappa shape index (κ2) is 5.95. The smallest absolute Gasteiger partial charge is 0.225 e. The van der Waals surface area contributed by atoms with E-state index in [4.69, 9.17) is 4.74 Å². The third-order valence-electron chi connectivity index (χ3n) is 3.58. The summed E-state index contributed by atoms with van der Waals surface area (Å²) in [5.74, 6) is 1.12. The second-order valence-electron chi connectivity index (χ2n) is 5.23. The minimum Gasteiger partial charge on any atom is -0.496 e. The van der Waals surface area contributed by atoms with Crippen molar-refractivity contribution in [3.05, 3.63) is 28.2 Å². The van der Waals surface area contributed by atoms with Crippen LogP contribution in [0.15, 0.2) is 22.7 Å². The van der Waals surface area contributed by atoms with Gasteiger partial charge in [-0.05, 0) is 31.0 Å². The number of ether oxygens (including phenoxy) is 1. The van der Waals surface area contributed by atoms with Gasteiger partial charge in [0.15, 0.2) is 0 Å². The first-order chi connectivity index (χ1) is 9.04. The Balaban J connectivity index is 2.34. The van der Waals surface area contributed by atoms with Crippen molar-refractivity contribution in [1.82, 2.24) is 4.90 Å². The van der Waals surface area contributed by atoms with Crippen LogP contribution in [0.1, 0.15) is 38.3 Å². The Morgan fingerprint density at radius 2 is 2.21 bits per heavy atom. The van der Waals surface area contributed by atoms with Gasteiger partial charge in [0.05, 0.1) is 13.2 Å². The normalized spacial score (nSPS) is 19.0. The van der Waals surface area contributed by atoms with Crippen LogP contribution in [0.4, 0.5) is 0 Å². The van der Waals surface area contributed by atoms with E-state index >= 15 is 0 Å². The number of likely N-dealkylation sites (tertiary alicyclic amines) is 1. The van der Waals surface area contributed by atoms with Gasteiger partial charge in [0.25, 0.3) is 0 Å². The van der Waals surface area contributed by atoms with Crippen LogP contribution in [-0.4, -0.2) is 24.5 Å². The van der Waals surface area contributed by atoms with E-state index in [1.54, 1.807) is 7.11 Å². The summed E-state index contributed by atoms with van der Waals surface area (Å²) in [6.07, 6.45) is 2.06. The van der Waals surface area contributed by atoms with Crippen molar-refractivity contribution in [2.45, 2.75) is 32.7 Å². The quantitative estimate of drug-likeness (QED) is 0.846. The lowest BCUT2D eigenvalue weighted by Crippen LogP contribution is -2.33. The summed E-state index contributed by atoms with van der Waals surface area (Å²) < 4.78 is 6.46. The molecule has 0 spiro atoms. The molecule has 1 heterocycles. The summed E-state index contributed by atoms with van der Waals surface area (Å²) in [6, 6.07) is 6.12. The molecule has 0 N–H and O–H groups in total. The summed E-state index contributed by atoms with van der Waals surface area (Å²) in [7, 11) is 1.68. The van der Waals surface area contributed by atoms with Crippen LogP contribution in [0, 0.1) is 5.92 Å². The molecule has 3 nitrogen and oxygen atoms in total. The molecule has 0 aliphatic carbocycles. The van der Waals surface area contributed by atoms with Gasteiger partial charge in [-0.3, -0.25) is 4.79 Å². The lowest BCUT2D eigenvalue weighted by Gasteiger charge is -2.28. The first-order valence-corrected chi connectivity index (χ1v) is 7.47. The average molecular weight is 326 g/mol. The van der Waals surface area contributed by atoms with Crippen LogP contribution in [0.5, 0.6) is 5.75 Å². The maximum absolute atomic E-state index is 12.3. The van der Waals surface area contributed by atoms with Crippen molar-refractivity contribution in [2.75, 3.05) is 13.7 Å². The van der Waals surface area contributed by atoms with E-state index in [0.29, 0.717) is 0 Å². The van der Waals surface area contributed by atoms with Crippen LogP contribution in [-0.2, 0) is 4.79 Å². The lowest BCUT2D eigenvalue weighted by atomic mass is 10.0. The van der Waals surface area contributed by atoms with Gasteiger partial charge in [-0.1, -0.05) is 29.8 Å². The summed E-state index contributed by atoms with van der Waals surface area (Å²) >= 11 is 3.50. The fourth-order valence-electron chi connectivity index (χ4n) is 2.65. The number of amides is 1. The molecule has 1 saturated heterocycles. The van der Waals surface area contributed by atoms with Crippen molar-refractivity contribution >= 4 is 21.8 Å². The number of nitrogens with zero attached hydrogens (tertiary/aromatic N) is 1. The van der Waals surface area contributed by atoms with Crippen LogP contribution in [0.25, 0.3) is 0 Å². The number of carbonyl (C=O) groups is 1. The van der Waals surface area contributed by atoms with Gasteiger partial charge in [0.1, 0.15) is 5.75 Å². The minimum absolute atomic E-state index is 0.0405. The van der Waals surface area contributed by atoms with E-state index in [-0.39, 0.29) is 17.9 Å². The molecular formula is C15H20BrNO2. The maximum Gasteiger partial charge on any atom is 0.225 e. The van der Waals surface area contributed by atoms with E-state index in [0.717, 1.165) is 35.2 Å². The highest BCUT2D eigenvalue weighted by molar-refractivity contribution is 9.10. The van der Waals surface area contributed by atoms with Gasteiger partial charge in [-0.2, -0.15) is 0 Å². The average Bonchev–Trinajstić information content (AvgIpc) is 2.86. The van der Waals surface area contributed by atoms with E-state index < -0.39 is 0 Å². The summed E-state index contributed by atoms with van der Waals surface area (Å²) in [4.78, 5) is 14.3. The topological polar surface area (TPSA) is 29.5 Å². The van der Waals surface area contributed by atoms with Gasteiger partial charge in [0, 0.05) is 22.5 Å². The Kier molecular flexibility index (Phi) is 4.50. The predicted molar refractivity (Wildman–Crippen MR) is 79.2 cm³/mol. The van der Waals surface area contributed by atoms with Crippen molar-refractivity contribution in [2.24, 2.45) is 5.92 Å². The molecule has 2 rings (SSSR count). The van der Waals surface area contributed by atoms with Crippen LogP contribution < -0.4 is 4.74 Å². The molecule has 1 atom stereocenters. The molecule has 0 bridgehead atoms. The molecule has 1 fully saturated rings. The summed E-state index contributed by atoms with van der Waals surface area (Å²) in [6.45, 7) is 4.75. The monoisotopic (exact) mass is 325 g/mol. The van der Waals surface area contributed by atoms with E-state index in [2.05, 4.69) is 22.0 Å². The van der Waals surface area contributed by atoms with Crippen molar-refractivity contribution in [1.29, 1.82) is 0 Å². The Morgan fingerprint density at radius 1 is 1.47 bits per heavy atom. The fourth-order valence-corrected chi connectivity index (χ4v) is 3.03. The minimum atomic E-state index is 0.0405. The summed E-state index contributed by atoms with van der Waals surface area (Å²) in [5, 5.41) is 0. The second-order valence-corrected chi connectivity index (χ2v) is 6.15. The number of carbonyl (C=O) groups excluding carboxylic acids is 1. The molecular weight excluding hydrogens is 306 g/mol. The van der Waals surface area contributed by atoms with Crippen molar-refractivity contribution in [3.8, 4) is 5.75 Å². The maximum atomic E-state index is 12.3. The van der Waals surface area contributed by atoms with Crippen molar-refractivity contribution in [3.63, 3.8) is 0 Å². The van der Waals surface area contributed by atoms with Crippen LogP contribution in [0.2, 0.25) is 0 Å². The Hall–Kier alpha value is -1.03. The third kappa shape index (κ3) is 2.94. The van der Waals surface area contributed by atoms with Crippen LogP contribution in [0.3, 0.4) is 0 Å². The number of hydrogen-bond acceptors (Lipinski definition) is 2. The van der Waals surface area contributed by atoms with Gasteiger partial charge in [-0.15, -0.1) is 0 Å². The SMILES string of the molecule is COc1ccc(Br)cc1C1CCCN1C(=O)C(C)C. The fraction of sp³-hybridized carbons (Fsp3) is 0.533. The van der Waals surface area contributed by atoms with E-state index in [1.807, 2.05) is 30.9 Å². The molecule has 4 heteroatoms. The van der Waals surface area contributed by atoms with Gasteiger partial charge in [0.2, 0.25) is 5.91 Å². The van der Waals surface area contributed by atoms with Gasteiger partial charge < -0.3 is 9.64 Å². The van der Waals surface area contributed by atoms with Crippen LogP contribution >= 0.6 is 15.9 Å². The molecule has 0 radical (unpaired) electrons. The standard InChI is InChI=1S/C15H20BrNO2/c1-10(2)15(18)17-8-4-5-13(17)12-9-11(16)6-7-14(12)19-3/h6-7,9-10,13H,4-5,8H2,1-3H3. The first kappa shape index (κ1) is 14.4. The molecule has 1 unspecified atom stereocenters. The predicted octanol–water partition coefficient (Wildman–Crippen LogP) is 3.78. The van der Waals surface area contributed by atoms with E-state index in [9.17, 15) is 4.79 Å². The zero-order chi connectivity index (χ0) is 14.0. The molecule has 19 heavy (non-hydrogen) atoms. The largest absolute Gasteiger partial charge is 0.496 e. The molecule has 1 aliphatic heterocycles. The summed E-state index contributed by atoms with van der Waals surface area (Å²) in [5.41, 5.74) is 1.10. The highest BCUT2D eigenvalue weighted by Gasteiger charge is 2.32. The third-order valence-corrected chi connectivity index (χ3v) is 4.07. The number of halogens is 1. The molecule has 104 valence electrons. The number of hydrogen-bond donors (Lipinski definition) is 0. The zero-order valence-electron chi connectivity index (χ0n) is 11.6. The first-order valence-electron chi connectivity index (χ1n) is 6.68. The Morgan fingerprint density at radius 3 is 2.84 bits per heavy atom. The van der Waals surface area contributed by atoms with Gasteiger partial charge in [-0.25, -0.2) is 0 Å². The molecule has 1 aliphatic rings. The van der Waals surface area contributed by atoms with Crippen molar-refractivity contribution < 1.29 is 9.53 Å². The van der Waals surface area contributed by atoms with E-state index in [1.165, 1.54) is 0 Å². The molecule has 0 aromatic heterocycles. The number of benzene rings is 1. The number of rotatable bonds is 3. The molecule has 1 aromatic carbocycles. The lowest BCUT2D eigenvalue weighted by molar-refractivity contribution is -0.135. The molecule has 0 saturated carbocycles. The highest BCUT2D eigenvalue weighted by atomic mass is 79.9. The molecule has 1 aromatic rings. The molecule has 1 amide bonds. The Bertz CT molecular complexity index is 473. The van der Waals surface area contributed by atoms with Gasteiger partial charge >= 0.3 is 0 Å². The zero-order valence-corrected chi connectivity index (χ0v) is 13.2.